The Bertz CT molecular complexity index is 976. The molecular formula is C23H28N2O4S. The second-order valence-corrected chi connectivity index (χ2v) is 9.45. The predicted octanol–water partition coefficient (Wildman–Crippen LogP) is 5.20. The molecule has 0 aliphatic carbocycles. The molecule has 0 aliphatic heterocycles. The molecule has 1 N–H and O–H groups in total. The Morgan fingerprint density at radius 1 is 1.13 bits per heavy atom. The molecule has 0 spiro atoms. The lowest BCUT2D eigenvalue weighted by Gasteiger charge is -2.26. The summed E-state index contributed by atoms with van der Waals surface area (Å²) in [6.07, 6.45) is 0. The van der Waals surface area contributed by atoms with Crippen LogP contribution in [-0.4, -0.2) is 24.1 Å². The minimum absolute atomic E-state index is 0.0206. The van der Waals surface area contributed by atoms with Gasteiger partial charge in [0.15, 0.2) is 5.60 Å². The third kappa shape index (κ3) is 5.19. The van der Waals surface area contributed by atoms with Crippen LogP contribution in [0.5, 0.6) is 5.75 Å². The number of nitriles is 1. The molecule has 1 aromatic heterocycles. The van der Waals surface area contributed by atoms with Crippen molar-refractivity contribution in [3.63, 3.8) is 0 Å². The van der Waals surface area contributed by atoms with Gasteiger partial charge in [-0.05, 0) is 56.4 Å². The van der Waals surface area contributed by atoms with E-state index in [0.717, 1.165) is 16.9 Å². The van der Waals surface area contributed by atoms with E-state index in [1.54, 1.807) is 27.7 Å². The minimum Gasteiger partial charge on any atom is -0.478 e. The zero-order chi connectivity index (χ0) is 22.7. The number of carbonyl (C=O) groups excluding carboxylic acids is 2. The summed E-state index contributed by atoms with van der Waals surface area (Å²) < 4.78 is 10.9. The van der Waals surface area contributed by atoms with Gasteiger partial charge in [0.1, 0.15) is 21.7 Å². The number of ether oxygens (including phenoxy) is 2. The number of nitrogens with one attached hydrogen (secondary N) is 1. The molecule has 7 heteroatoms. The molecular weight excluding hydrogens is 400 g/mol. The third-order valence-corrected chi connectivity index (χ3v) is 5.77. The SMILES string of the molecule is CCOC(=O)c1sc(NC(=O)C(C)(C)Oc2ccc(C(C)(C)C)cc2)c(C#N)c1C. The van der Waals surface area contributed by atoms with Crippen LogP contribution in [0, 0.1) is 18.3 Å². The number of amides is 1. The van der Waals surface area contributed by atoms with Crippen LogP contribution < -0.4 is 10.1 Å². The Morgan fingerprint density at radius 2 is 1.73 bits per heavy atom. The van der Waals surface area contributed by atoms with E-state index in [9.17, 15) is 14.9 Å². The van der Waals surface area contributed by atoms with E-state index in [2.05, 4.69) is 32.2 Å². The van der Waals surface area contributed by atoms with Crippen LogP contribution in [0.4, 0.5) is 5.00 Å². The molecule has 160 valence electrons. The van der Waals surface area contributed by atoms with E-state index in [0.29, 0.717) is 21.2 Å². The second kappa shape index (κ2) is 8.88. The zero-order valence-electron chi connectivity index (χ0n) is 18.5. The topological polar surface area (TPSA) is 88.4 Å². The van der Waals surface area contributed by atoms with E-state index in [-0.39, 0.29) is 17.6 Å². The van der Waals surface area contributed by atoms with Crippen molar-refractivity contribution in [1.82, 2.24) is 0 Å². The Labute approximate surface area is 181 Å². The van der Waals surface area contributed by atoms with Crippen LogP contribution in [-0.2, 0) is 14.9 Å². The number of carbonyl (C=O) groups is 2. The molecule has 0 atom stereocenters. The van der Waals surface area contributed by atoms with Gasteiger partial charge in [0.05, 0.1) is 12.2 Å². The minimum atomic E-state index is -1.20. The highest BCUT2D eigenvalue weighted by atomic mass is 32.1. The smallest absolute Gasteiger partial charge is 0.348 e. The highest BCUT2D eigenvalue weighted by Crippen LogP contribution is 2.34. The fourth-order valence-electron chi connectivity index (χ4n) is 2.75. The van der Waals surface area contributed by atoms with Gasteiger partial charge in [-0.15, -0.1) is 11.3 Å². The number of thiophene rings is 1. The van der Waals surface area contributed by atoms with Gasteiger partial charge in [-0.3, -0.25) is 4.79 Å². The molecule has 1 heterocycles. The molecule has 0 saturated heterocycles. The number of benzene rings is 1. The van der Waals surface area contributed by atoms with Gasteiger partial charge >= 0.3 is 5.97 Å². The van der Waals surface area contributed by atoms with Crippen molar-refractivity contribution >= 4 is 28.2 Å². The van der Waals surface area contributed by atoms with Crippen LogP contribution in [0.15, 0.2) is 24.3 Å². The molecule has 0 bridgehead atoms. The molecule has 1 amide bonds. The lowest BCUT2D eigenvalue weighted by molar-refractivity contribution is -0.128. The first-order valence-electron chi connectivity index (χ1n) is 9.72. The van der Waals surface area contributed by atoms with Crippen LogP contribution in [0.3, 0.4) is 0 Å². The zero-order valence-corrected chi connectivity index (χ0v) is 19.3. The normalized spacial score (nSPS) is 11.5. The lowest BCUT2D eigenvalue weighted by atomic mass is 9.87. The molecule has 30 heavy (non-hydrogen) atoms. The number of nitrogens with zero attached hydrogens (tertiary/aromatic N) is 1. The quantitative estimate of drug-likeness (QED) is 0.639. The standard InChI is InChI=1S/C23H28N2O4S/c1-8-28-20(26)18-14(2)17(13-24)19(30-18)25-21(27)23(6,7)29-16-11-9-15(10-12-16)22(3,4)5/h9-12H,8H2,1-7H3,(H,25,27). The molecule has 0 saturated carbocycles. The van der Waals surface area contributed by atoms with Crippen molar-refractivity contribution in [3.8, 4) is 11.8 Å². The van der Waals surface area contributed by atoms with Crippen LogP contribution >= 0.6 is 11.3 Å². The summed E-state index contributed by atoms with van der Waals surface area (Å²) in [5, 5.41) is 12.5. The Hall–Kier alpha value is -2.85. The summed E-state index contributed by atoms with van der Waals surface area (Å²) in [6.45, 7) is 13.3. The predicted molar refractivity (Wildman–Crippen MR) is 118 cm³/mol. The van der Waals surface area contributed by atoms with Crippen molar-refractivity contribution < 1.29 is 19.1 Å². The van der Waals surface area contributed by atoms with Crippen LogP contribution in [0.1, 0.15) is 67.9 Å². The van der Waals surface area contributed by atoms with Gasteiger partial charge < -0.3 is 14.8 Å². The first kappa shape index (κ1) is 23.4. The maximum Gasteiger partial charge on any atom is 0.348 e. The second-order valence-electron chi connectivity index (χ2n) is 8.43. The van der Waals surface area contributed by atoms with Gasteiger partial charge in [0.25, 0.3) is 5.91 Å². The maximum absolute atomic E-state index is 12.9. The molecule has 2 aromatic rings. The van der Waals surface area contributed by atoms with Crippen molar-refractivity contribution in [3.05, 3.63) is 45.8 Å². The van der Waals surface area contributed by atoms with Gasteiger partial charge in [-0.2, -0.15) is 5.26 Å². The number of hydrogen-bond acceptors (Lipinski definition) is 6. The molecule has 2 rings (SSSR count). The van der Waals surface area contributed by atoms with Gasteiger partial charge in [0.2, 0.25) is 0 Å². The number of rotatable bonds is 6. The van der Waals surface area contributed by atoms with Gasteiger partial charge in [0, 0.05) is 0 Å². The summed E-state index contributed by atoms with van der Waals surface area (Å²) >= 11 is 1.03. The average molecular weight is 429 g/mol. The lowest BCUT2D eigenvalue weighted by Crippen LogP contribution is -2.42. The molecule has 0 radical (unpaired) electrons. The molecule has 6 nitrogen and oxygen atoms in total. The average Bonchev–Trinajstić information content (AvgIpc) is 2.96. The highest BCUT2D eigenvalue weighted by Gasteiger charge is 2.32. The fourth-order valence-corrected chi connectivity index (χ4v) is 3.79. The van der Waals surface area contributed by atoms with Crippen molar-refractivity contribution in [2.45, 2.75) is 59.5 Å². The summed E-state index contributed by atoms with van der Waals surface area (Å²) in [6, 6.07) is 9.69. The number of anilines is 1. The molecule has 0 unspecified atom stereocenters. The number of esters is 1. The van der Waals surface area contributed by atoms with E-state index < -0.39 is 17.5 Å². The Kier molecular flexibility index (Phi) is 6.94. The highest BCUT2D eigenvalue weighted by molar-refractivity contribution is 7.18. The van der Waals surface area contributed by atoms with Crippen LogP contribution in [0.25, 0.3) is 0 Å². The summed E-state index contributed by atoms with van der Waals surface area (Å²) in [5.74, 6) is -0.361. The van der Waals surface area contributed by atoms with E-state index in [1.807, 2.05) is 24.3 Å². The summed E-state index contributed by atoms with van der Waals surface area (Å²) in [7, 11) is 0. The maximum atomic E-state index is 12.9. The van der Waals surface area contributed by atoms with E-state index in [1.165, 1.54) is 0 Å². The third-order valence-electron chi connectivity index (χ3n) is 4.59. The van der Waals surface area contributed by atoms with Crippen molar-refractivity contribution in [2.24, 2.45) is 0 Å². The van der Waals surface area contributed by atoms with Gasteiger partial charge in [-0.1, -0.05) is 32.9 Å². The van der Waals surface area contributed by atoms with Crippen molar-refractivity contribution in [2.75, 3.05) is 11.9 Å². The first-order chi connectivity index (χ1) is 13.9. The monoisotopic (exact) mass is 428 g/mol. The fraction of sp³-hybridized carbons (Fsp3) is 0.435. The summed E-state index contributed by atoms with van der Waals surface area (Å²) in [5.41, 5.74) is 0.732. The summed E-state index contributed by atoms with van der Waals surface area (Å²) in [4.78, 5) is 25.3. The Morgan fingerprint density at radius 3 is 2.23 bits per heavy atom. The molecule has 0 aliphatic rings. The number of hydrogen-bond donors (Lipinski definition) is 1. The van der Waals surface area contributed by atoms with E-state index in [4.69, 9.17) is 9.47 Å². The van der Waals surface area contributed by atoms with E-state index >= 15 is 0 Å². The van der Waals surface area contributed by atoms with Crippen LogP contribution in [0.2, 0.25) is 0 Å². The first-order valence-corrected chi connectivity index (χ1v) is 10.5. The molecule has 0 fully saturated rings. The molecule has 1 aromatic carbocycles. The van der Waals surface area contributed by atoms with Gasteiger partial charge in [-0.25, -0.2) is 4.79 Å². The largest absolute Gasteiger partial charge is 0.478 e. The Balaban J connectivity index is 2.21. The van der Waals surface area contributed by atoms with Crippen molar-refractivity contribution in [1.29, 1.82) is 5.26 Å².